The molecule has 0 unspecified atom stereocenters. The molecular weight excluding hydrogens is 322 g/mol. The van der Waals surface area contributed by atoms with E-state index in [1.54, 1.807) is 30.3 Å². The number of hydrogen-bond donors (Lipinski definition) is 3. The second-order valence-electron chi connectivity index (χ2n) is 5.56. The Hall–Kier alpha value is -2.99. The van der Waals surface area contributed by atoms with Crippen LogP contribution in [0.5, 0.6) is 0 Å². The fraction of sp³-hybridized carbons (Fsp3) is 0.211. The Balaban J connectivity index is 2.28. The molecule has 0 aromatic heterocycles. The maximum atomic E-state index is 12.4. The number of benzene rings is 2. The van der Waals surface area contributed by atoms with Gasteiger partial charge in [0.1, 0.15) is 0 Å². The third-order valence-corrected chi connectivity index (χ3v) is 3.75. The summed E-state index contributed by atoms with van der Waals surface area (Å²) in [5, 5.41) is 20.7. The number of aromatic carboxylic acids is 1. The van der Waals surface area contributed by atoms with E-state index in [4.69, 9.17) is 5.11 Å². The molecule has 2 aromatic rings. The van der Waals surface area contributed by atoms with Gasteiger partial charge in [0.05, 0.1) is 11.1 Å². The van der Waals surface area contributed by atoms with Crippen LogP contribution >= 0.6 is 0 Å². The molecule has 0 aliphatic carbocycles. The molecule has 0 saturated carbocycles. The number of amides is 1. The van der Waals surface area contributed by atoms with Gasteiger partial charge < -0.3 is 15.5 Å². The van der Waals surface area contributed by atoms with Crippen molar-refractivity contribution in [1.82, 2.24) is 0 Å². The molecule has 0 spiro atoms. The first-order valence-corrected chi connectivity index (χ1v) is 7.82. The second kappa shape index (κ2) is 8.21. The number of Topliss-reactive ketones (excluding diaryl/α,β-unsaturated/α-hetero) is 1. The maximum absolute atomic E-state index is 12.4. The Morgan fingerprint density at radius 2 is 1.68 bits per heavy atom. The molecular formula is C19H19NO5. The topological polar surface area (TPSA) is 104 Å². The van der Waals surface area contributed by atoms with Gasteiger partial charge in [0.25, 0.3) is 5.91 Å². The molecule has 0 atom stereocenters. The van der Waals surface area contributed by atoms with Gasteiger partial charge in [-0.3, -0.25) is 9.59 Å². The molecule has 2 rings (SSSR count). The van der Waals surface area contributed by atoms with Crippen molar-refractivity contribution in [2.75, 3.05) is 11.9 Å². The number of aliphatic hydroxyl groups excluding tert-OH is 1. The summed E-state index contributed by atoms with van der Waals surface area (Å²) in [4.78, 5) is 35.4. The van der Waals surface area contributed by atoms with Crippen LogP contribution in [0.3, 0.4) is 0 Å². The van der Waals surface area contributed by atoms with Gasteiger partial charge in [0, 0.05) is 17.9 Å². The van der Waals surface area contributed by atoms with E-state index in [0.29, 0.717) is 24.1 Å². The Labute approximate surface area is 145 Å². The third-order valence-electron chi connectivity index (χ3n) is 3.75. The lowest BCUT2D eigenvalue weighted by atomic mass is 9.99. The number of rotatable bonds is 7. The molecule has 6 nitrogen and oxygen atoms in total. The molecule has 0 saturated heterocycles. The fourth-order valence-corrected chi connectivity index (χ4v) is 2.54. The summed E-state index contributed by atoms with van der Waals surface area (Å²) in [5.74, 6) is -1.89. The molecule has 0 aliphatic rings. The standard InChI is InChI=1S/C19H19NO5/c1-12(22)17-11-14(9-8-13(17)5-4-10-21)20-18(23)15-6-2-3-7-16(15)19(24)25/h2-3,6-9,11,21H,4-5,10H2,1H3,(H,20,23)(H,24,25). The molecule has 2 aromatic carbocycles. The van der Waals surface area contributed by atoms with E-state index in [-0.39, 0.29) is 23.5 Å². The predicted molar refractivity (Wildman–Crippen MR) is 93.2 cm³/mol. The van der Waals surface area contributed by atoms with Gasteiger partial charge in [0.2, 0.25) is 0 Å². The van der Waals surface area contributed by atoms with Crippen LogP contribution in [-0.2, 0) is 6.42 Å². The van der Waals surface area contributed by atoms with Crippen molar-refractivity contribution >= 4 is 23.3 Å². The summed E-state index contributed by atoms with van der Waals surface area (Å²) in [6.45, 7) is 1.46. The number of aryl methyl sites for hydroxylation is 1. The number of carbonyl (C=O) groups is 3. The molecule has 130 valence electrons. The fourth-order valence-electron chi connectivity index (χ4n) is 2.54. The van der Waals surface area contributed by atoms with Crippen LogP contribution in [0.25, 0.3) is 0 Å². The van der Waals surface area contributed by atoms with Crippen molar-refractivity contribution in [3.05, 3.63) is 64.7 Å². The van der Waals surface area contributed by atoms with E-state index >= 15 is 0 Å². The summed E-state index contributed by atoms with van der Waals surface area (Å²) < 4.78 is 0. The van der Waals surface area contributed by atoms with Crippen molar-refractivity contribution in [2.45, 2.75) is 19.8 Å². The van der Waals surface area contributed by atoms with Crippen LogP contribution in [0.1, 0.15) is 50.0 Å². The van der Waals surface area contributed by atoms with E-state index in [1.807, 2.05) is 0 Å². The molecule has 25 heavy (non-hydrogen) atoms. The Morgan fingerprint density at radius 1 is 1.00 bits per heavy atom. The molecule has 0 fully saturated rings. The van der Waals surface area contributed by atoms with E-state index < -0.39 is 11.9 Å². The molecule has 0 bridgehead atoms. The first kappa shape index (κ1) is 18.4. The third kappa shape index (κ3) is 4.51. The van der Waals surface area contributed by atoms with Gasteiger partial charge in [-0.05, 0) is 49.6 Å². The lowest BCUT2D eigenvalue weighted by Gasteiger charge is -2.11. The SMILES string of the molecule is CC(=O)c1cc(NC(=O)c2ccccc2C(=O)O)ccc1CCCO. The average molecular weight is 341 g/mol. The second-order valence-corrected chi connectivity index (χ2v) is 5.56. The lowest BCUT2D eigenvalue weighted by Crippen LogP contribution is -2.16. The first-order valence-electron chi connectivity index (χ1n) is 7.82. The molecule has 0 heterocycles. The quantitative estimate of drug-likeness (QED) is 0.672. The number of ketones is 1. The van der Waals surface area contributed by atoms with Gasteiger partial charge in [-0.1, -0.05) is 18.2 Å². The van der Waals surface area contributed by atoms with Crippen LogP contribution in [0, 0.1) is 0 Å². The number of carboxylic acid groups (broad SMARTS) is 1. The highest BCUT2D eigenvalue weighted by atomic mass is 16.4. The van der Waals surface area contributed by atoms with Gasteiger partial charge in [0.15, 0.2) is 5.78 Å². The monoisotopic (exact) mass is 341 g/mol. The van der Waals surface area contributed by atoms with Gasteiger partial charge >= 0.3 is 5.97 Å². The zero-order valence-electron chi connectivity index (χ0n) is 13.8. The Kier molecular flexibility index (Phi) is 6.03. The number of aliphatic hydroxyl groups is 1. The summed E-state index contributed by atoms with van der Waals surface area (Å²) in [5.41, 5.74) is 1.63. The van der Waals surface area contributed by atoms with Crippen molar-refractivity contribution < 1.29 is 24.6 Å². The highest BCUT2D eigenvalue weighted by molar-refractivity contribution is 6.11. The largest absolute Gasteiger partial charge is 0.478 e. The van der Waals surface area contributed by atoms with Crippen molar-refractivity contribution in [1.29, 1.82) is 0 Å². The van der Waals surface area contributed by atoms with E-state index in [9.17, 15) is 19.5 Å². The summed E-state index contributed by atoms with van der Waals surface area (Å²) in [7, 11) is 0. The zero-order valence-corrected chi connectivity index (χ0v) is 13.8. The maximum Gasteiger partial charge on any atom is 0.336 e. The molecule has 0 aliphatic heterocycles. The van der Waals surface area contributed by atoms with E-state index in [2.05, 4.69) is 5.32 Å². The van der Waals surface area contributed by atoms with Crippen LogP contribution in [0.2, 0.25) is 0 Å². The molecule has 6 heteroatoms. The van der Waals surface area contributed by atoms with Crippen molar-refractivity contribution in [3.8, 4) is 0 Å². The molecule has 1 amide bonds. The normalized spacial score (nSPS) is 10.3. The Bertz CT molecular complexity index is 813. The minimum Gasteiger partial charge on any atom is -0.478 e. The number of carboxylic acids is 1. The first-order chi connectivity index (χ1) is 11.9. The summed E-state index contributed by atoms with van der Waals surface area (Å²) >= 11 is 0. The average Bonchev–Trinajstić information content (AvgIpc) is 2.60. The molecule has 3 N–H and O–H groups in total. The highest BCUT2D eigenvalue weighted by Crippen LogP contribution is 2.20. The van der Waals surface area contributed by atoms with Crippen LogP contribution in [0.4, 0.5) is 5.69 Å². The lowest BCUT2D eigenvalue weighted by molar-refractivity contribution is 0.0692. The van der Waals surface area contributed by atoms with Crippen LogP contribution < -0.4 is 5.32 Å². The van der Waals surface area contributed by atoms with Crippen LogP contribution in [0.15, 0.2) is 42.5 Å². The van der Waals surface area contributed by atoms with Crippen LogP contribution in [-0.4, -0.2) is 34.5 Å². The minimum absolute atomic E-state index is 0.0296. The Morgan fingerprint density at radius 3 is 2.28 bits per heavy atom. The smallest absolute Gasteiger partial charge is 0.336 e. The van der Waals surface area contributed by atoms with E-state index in [0.717, 1.165) is 5.56 Å². The van der Waals surface area contributed by atoms with Gasteiger partial charge in [-0.2, -0.15) is 0 Å². The zero-order chi connectivity index (χ0) is 18.4. The van der Waals surface area contributed by atoms with Crippen molar-refractivity contribution in [3.63, 3.8) is 0 Å². The molecule has 0 radical (unpaired) electrons. The number of anilines is 1. The number of nitrogens with one attached hydrogen (secondary N) is 1. The minimum atomic E-state index is -1.19. The predicted octanol–water partition coefficient (Wildman–Crippen LogP) is 2.76. The summed E-state index contributed by atoms with van der Waals surface area (Å²) in [6.07, 6.45) is 1.10. The number of carbonyl (C=O) groups excluding carboxylic acids is 2. The summed E-state index contributed by atoms with van der Waals surface area (Å²) in [6, 6.07) is 10.9. The number of hydrogen-bond acceptors (Lipinski definition) is 4. The van der Waals surface area contributed by atoms with Crippen molar-refractivity contribution in [2.24, 2.45) is 0 Å². The van der Waals surface area contributed by atoms with Gasteiger partial charge in [-0.25, -0.2) is 4.79 Å². The highest BCUT2D eigenvalue weighted by Gasteiger charge is 2.16. The van der Waals surface area contributed by atoms with Gasteiger partial charge in [-0.15, -0.1) is 0 Å². The van der Waals surface area contributed by atoms with E-state index in [1.165, 1.54) is 19.1 Å².